The highest BCUT2D eigenvalue weighted by molar-refractivity contribution is 5.68. The summed E-state index contributed by atoms with van der Waals surface area (Å²) in [6, 6.07) is 14.1. The van der Waals surface area contributed by atoms with Gasteiger partial charge in [0, 0.05) is 0 Å². The number of nitrogens with zero attached hydrogens (tertiary/aromatic N) is 1. The second-order valence-corrected chi connectivity index (χ2v) is 4.07. The fraction of sp³-hybridized carbons (Fsp3) is 0.133. The van der Waals surface area contributed by atoms with Crippen LogP contribution in [0.15, 0.2) is 48.5 Å². The average molecular weight is 261 g/mol. The van der Waals surface area contributed by atoms with Crippen molar-refractivity contribution < 1.29 is 13.2 Å². The molecule has 0 bridgehead atoms. The molecule has 0 N–H and O–H groups in total. The average Bonchev–Trinajstić information content (AvgIpc) is 2.39. The summed E-state index contributed by atoms with van der Waals surface area (Å²) in [5.74, 6) is 0. The molecule has 4 heteroatoms. The fourth-order valence-corrected chi connectivity index (χ4v) is 1.90. The van der Waals surface area contributed by atoms with Gasteiger partial charge in [0.1, 0.15) is 0 Å². The maximum Gasteiger partial charge on any atom is 0.416 e. The molecular formula is C15H10F3N. The summed E-state index contributed by atoms with van der Waals surface area (Å²) in [5.41, 5.74) is 1.18. The lowest BCUT2D eigenvalue weighted by atomic mass is 9.96. The van der Waals surface area contributed by atoms with Crippen LogP contribution in [0.4, 0.5) is 13.2 Å². The second-order valence-electron chi connectivity index (χ2n) is 4.07. The number of rotatable bonds is 2. The molecule has 2 aromatic rings. The van der Waals surface area contributed by atoms with Crippen molar-refractivity contribution >= 4 is 0 Å². The van der Waals surface area contributed by atoms with E-state index in [0.29, 0.717) is 11.1 Å². The summed E-state index contributed by atoms with van der Waals surface area (Å²) in [7, 11) is 0. The minimum Gasteiger partial charge on any atom is -0.198 e. The molecule has 1 nitrogen and oxygen atoms in total. The summed E-state index contributed by atoms with van der Waals surface area (Å²) in [6.45, 7) is 0. The Labute approximate surface area is 108 Å². The molecule has 0 aliphatic carbocycles. The van der Waals surface area contributed by atoms with Crippen molar-refractivity contribution in [3.8, 4) is 17.2 Å². The molecule has 2 aromatic carbocycles. The lowest BCUT2D eigenvalue weighted by Gasteiger charge is -2.11. The Morgan fingerprint density at radius 1 is 1.00 bits per heavy atom. The van der Waals surface area contributed by atoms with Gasteiger partial charge in [-0.1, -0.05) is 36.4 Å². The van der Waals surface area contributed by atoms with Crippen molar-refractivity contribution in [2.45, 2.75) is 12.6 Å². The van der Waals surface area contributed by atoms with E-state index in [9.17, 15) is 13.2 Å². The third kappa shape index (κ3) is 2.94. The van der Waals surface area contributed by atoms with Crippen LogP contribution in [0.5, 0.6) is 0 Å². The van der Waals surface area contributed by atoms with Gasteiger partial charge in [0.2, 0.25) is 0 Å². The standard InChI is InChI=1S/C15H10F3N/c16-15(17,18)13-6-3-5-12(10-13)14-7-2-1-4-11(14)8-9-19/h1-7,10H,8H2. The van der Waals surface area contributed by atoms with Crippen LogP contribution in [-0.4, -0.2) is 0 Å². The van der Waals surface area contributed by atoms with Crippen molar-refractivity contribution in [2.75, 3.05) is 0 Å². The summed E-state index contributed by atoms with van der Waals surface area (Å²) >= 11 is 0. The molecular weight excluding hydrogens is 251 g/mol. The van der Waals surface area contributed by atoms with Crippen LogP contribution in [-0.2, 0) is 12.6 Å². The Hall–Kier alpha value is -2.28. The molecule has 0 spiro atoms. The zero-order chi connectivity index (χ0) is 13.9. The number of hydrogen-bond donors (Lipinski definition) is 0. The largest absolute Gasteiger partial charge is 0.416 e. The zero-order valence-corrected chi connectivity index (χ0v) is 9.91. The molecule has 0 amide bonds. The van der Waals surface area contributed by atoms with E-state index in [2.05, 4.69) is 0 Å². The minimum absolute atomic E-state index is 0.173. The molecule has 0 fully saturated rings. The fourth-order valence-electron chi connectivity index (χ4n) is 1.90. The van der Waals surface area contributed by atoms with E-state index in [-0.39, 0.29) is 6.42 Å². The molecule has 0 radical (unpaired) electrons. The Morgan fingerprint density at radius 3 is 2.42 bits per heavy atom. The SMILES string of the molecule is N#CCc1ccccc1-c1cccc(C(F)(F)F)c1. The van der Waals surface area contributed by atoms with Crippen molar-refractivity contribution in [2.24, 2.45) is 0 Å². The molecule has 0 atom stereocenters. The first-order valence-electron chi connectivity index (χ1n) is 5.65. The molecule has 0 unspecified atom stereocenters. The Morgan fingerprint density at radius 2 is 1.74 bits per heavy atom. The molecule has 0 heterocycles. The van der Waals surface area contributed by atoms with Crippen molar-refractivity contribution in [3.63, 3.8) is 0 Å². The first kappa shape index (κ1) is 13.2. The van der Waals surface area contributed by atoms with Crippen LogP contribution in [0.25, 0.3) is 11.1 Å². The van der Waals surface area contributed by atoms with Gasteiger partial charge < -0.3 is 0 Å². The molecule has 0 aromatic heterocycles. The smallest absolute Gasteiger partial charge is 0.198 e. The molecule has 19 heavy (non-hydrogen) atoms. The first-order chi connectivity index (χ1) is 9.02. The third-order valence-corrected chi connectivity index (χ3v) is 2.79. The summed E-state index contributed by atoms with van der Waals surface area (Å²) in [4.78, 5) is 0. The number of alkyl halides is 3. The van der Waals surface area contributed by atoms with Crippen LogP contribution in [0.1, 0.15) is 11.1 Å². The van der Waals surface area contributed by atoms with Crippen LogP contribution < -0.4 is 0 Å². The predicted molar refractivity (Wildman–Crippen MR) is 66.2 cm³/mol. The van der Waals surface area contributed by atoms with Crippen LogP contribution in [0.3, 0.4) is 0 Å². The number of benzene rings is 2. The van der Waals surface area contributed by atoms with Gasteiger partial charge in [-0.3, -0.25) is 0 Å². The van der Waals surface area contributed by atoms with Crippen molar-refractivity contribution in [3.05, 3.63) is 59.7 Å². The van der Waals surface area contributed by atoms with Gasteiger partial charge >= 0.3 is 6.18 Å². The first-order valence-corrected chi connectivity index (χ1v) is 5.65. The van der Waals surface area contributed by atoms with Gasteiger partial charge in [-0.25, -0.2) is 0 Å². The van der Waals surface area contributed by atoms with E-state index < -0.39 is 11.7 Å². The van der Waals surface area contributed by atoms with Crippen LogP contribution in [0, 0.1) is 11.3 Å². The van der Waals surface area contributed by atoms with Crippen molar-refractivity contribution in [1.29, 1.82) is 5.26 Å². The number of nitriles is 1. The highest BCUT2D eigenvalue weighted by atomic mass is 19.4. The van der Waals surface area contributed by atoms with Gasteiger partial charge in [-0.05, 0) is 28.8 Å². The summed E-state index contributed by atoms with van der Waals surface area (Å²) < 4.78 is 38.0. The lowest BCUT2D eigenvalue weighted by molar-refractivity contribution is -0.137. The van der Waals surface area contributed by atoms with E-state index >= 15 is 0 Å². The highest BCUT2D eigenvalue weighted by Gasteiger charge is 2.30. The molecule has 2 rings (SSSR count). The number of halogens is 3. The zero-order valence-electron chi connectivity index (χ0n) is 9.91. The predicted octanol–water partition coefficient (Wildman–Crippen LogP) is 4.44. The van der Waals surface area contributed by atoms with E-state index in [1.54, 1.807) is 30.3 Å². The maximum absolute atomic E-state index is 12.7. The molecule has 0 aliphatic rings. The van der Waals surface area contributed by atoms with E-state index in [1.165, 1.54) is 6.07 Å². The molecule has 0 aliphatic heterocycles. The van der Waals surface area contributed by atoms with Crippen molar-refractivity contribution in [1.82, 2.24) is 0 Å². The maximum atomic E-state index is 12.7. The molecule has 0 saturated carbocycles. The third-order valence-electron chi connectivity index (χ3n) is 2.79. The van der Waals surface area contributed by atoms with Gasteiger partial charge in [-0.15, -0.1) is 0 Å². The Balaban J connectivity index is 2.51. The van der Waals surface area contributed by atoms with Gasteiger partial charge in [0.15, 0.2) is 0 Å². The van der Waals surface area contributed by atoms with E-state index in [1.807, 2.05) is 6.07 Å². The normalized spacial score (nSPS) is 11.1. The van der Waals surface area contributed by atoms with Crippen LogP contribution >= 0.6 is 0 Å². The lowest BCUT2D eigenvalue weighted by Crippen LogP contribution is -2.04. The van der Waals surface area contributed by atoms with E-state index in [0.717, 1.165) is 17.7 Å². The van der Waals surface area contributed by atoms with Gasteiger partial charge in [0.05, 0.1) is 18.1 Å². The quantitative estimate of drug-likeness (QED) is 0.784. The van der Waals surface area contributed by atoms with Gasteiger partial charge in [0.25, 0.3) is 0 Å². The van der Waals surface area contributed by atoms with Crippen LogP contribution in [0.2, 0.25) is 0 Å². The summed E-state index contributed by atoms with van der Waals surface area (Å²) in [5, 5.41) is 8.74. The molecule has 0 saturated heterocycles. The minimum atomic E-state index is -4.36. The summed E-state index contributed by atoms with van der Waals surface area (Å²) in [6.07, 6.45) is -4.19. The Bertz CT molecular complexity index is 624. The number of hydrogen-bond acceptors (Lipinski definition) is 1. The topological polar surface area (TPSA) is 23.8 Å². The Kier molecular flexibility index (Phi) is 3.57. The second kappa shape index (κ2) is 5.15. The monoisotopic (exact) mass is 261 g/mol. The highest BCUT2D eigenvalue weighted by Crippen LogP contribution is 2.33. The van der Waals surface area contributed by atoms with E-state index in [4.69, 9.17) is 5.26 Å². The molecule has 96 valence electrons. The van der Waals surface area contributed by atoms with Gasteiger partial charge in [-0.2, -0.15) is 18.4 Å².